The molecule has 1 aliphatic carbocycles. The van der Waals surface area contributed by atoms with Crippen LogP contribution in [0.25, 0.3) is 0 Å². The average Bonchev–Trinajstić information content (AvgIpc) is 3.46. The molecule has 3 unspecified atom stereocenters. The summed E-state index contributed by atoms with van der Waals surface area (Å²) in [6.07, 6.45) is 2.95. The first-order valence-corrected chi connectivity index (χ1v) is 12.2. The Labute approximate surface area is 185 Å². The minimum atomic E-state index is -0.427. The highest BCUT2D eigenvalue weighted by Crippen LogP contribution is 2.48. The highest BCUT2D eigenvalue weighted by atomic mass is 32.2. The molecule has 1 amide bonds. The maximum Gasteiger partial charge on any atom is 0.410 e. The fraction of sp³-hybridized carbons (Fsp3) is 0.708. The summed E-state index contributed by atoms with van der Waals surface area (Å²) in [6, 6.07) is 8.43. The molecular formula is C24H37NO4S. The lowest BCUT2D eigenvalue weighted by Crippen LogP contribution is -2.42. The number of aliphatic hydroxyl groups excluding tert-OH is 1. The number of ether oxygens (including phenoxy) is 2. The zero-order valence-electron chi connectivity index (χ0n) is 18.8. The summed E-state index contributed by atoms with van der Waals surface area (Å²) in [5.41, 5.74) is 0.767. The molecule has 168 valence electrons. The fourth-order valence-electron chi connectivity index (χ4n) is 4.10. The van der Waals surface area contributed by atoms with E-state index >= 15 is 0 Å². The quantitative estimate of drug-likeness (QED) is 0.585. The highest BCUT2D eigenvalue weighted by molar-refractivity contribution is 7.99. The molecule has 0 radical (unpaired) electrons. The van der Waals surface area contributed by atoms with Gasteiger partial charge in [0.15, 0.2) is 0 Å². The van der Waals surface area contributed by atoms with Crippen LogP contribution in [0.5, 0.6) is 0 Å². The van der Waals surface area contributed by atoms with Crippen molar-refractivity contribution in [2.75, 3.05) is 25.4 Å². The maximum absolute atomic E-state index is 12.2. The van der Waals surface area contributed by atoms with Crippen molar-refractivity contribution in [1.29, 1.82) is 0 Å². The van der Waals surface area contributed by atoms with Crippen LogP contribution in [0.2, 0.25) is 0 Å². The van der Waals surface area contributed by atoms with Crippen LogP contribution < -0.4 is 0 Å². The first kappa shape index (κ1) is 23.4. The molecule has 1 heterocycles. The van der Waals surface area contributed by atoms with Gasteiger partial charge in [-0.05, 0) is 82.4 Å². The van der Waals surface area contributed by atoms with E-state index in [-0.39, 0.29) is 12.2 Å². The average molecular weight is 436 g/mol. The number of nitrogens with zero attached hydrogens (tertiary/aromatic N) is 1. The van der Waals surface area contributed by atoms with Crippen molar-refractivity contribution in [2.45, 2.75) is 70.2 Å². The van der Waals surface area contributed by atoms with Crippen molar-refractivity contribution < 1.29 is 19.4 Å². The van der Waals surface area contributed by atoms with Gasteiger partial charge in [-0.3, -0.25) is 0 Å². The Balaban J connectivity index is 1.31. The van der Waals surface area contributed by atoms with Gasteiger partial charge in [0.2, 0.25) is 0 Å². The van der Waals surface area contributed by atoms with Crippen LogP contribution >= 0.6 is 11.8 Å². The number of thioether (sulfide) groups is 1. The standard InChI is InChI=1S/C24H37NO4S/c1-17(26)16-30-21-7-5-18(6-8-21)14-28-15-20-13-22(20)19-9-11-25(12-10-19)23(27)29-24(2,3)4/h5-8,17,19-20,22,26H,9-16H2,1-4H3. The van der Waals surface area contributed by atoms with Crippen molar-refractivity contribution in [1.82, 2.24) is 4.90 Å². The number of carbonyl (C=O) groups is 1. The molecular weight excluding hydrogens is 398 g/mol. The summed E-state index contributed by atoms with van der Waals surface area (Å²) < 4.78 is 11.5. The fourth-order valence-corrected chi connectivity index (χ4v) is 4.87. The van der Waals surface area contributed by atoms with Crippen LogP contribution in [0.3, 0.4) is 0 Å². The third kappa shape index (κ3) is 7.47. The number of hydrogen-bond donors (Lipinski definition) is 1. The zero-order chi connectivity index (χ0) is 21.7. The van der Waals surface area contributed by atoms with E-state index in [9.17, 15) is 9.90 Å². The van der Waals surface area contributed by atoms with Gasteiger partial charge in [0.05, 0.1) is 19.3 Å². The molecule has 0 bridgehead atoms. The van der Waals surface area contributed by atoms with Gasteiger partial charge in [-0.15, -0.1) is 11.8 Å². The lowest BCUT2D eigenvalue weighted by atomic mass is 9.91. The molecule has 1 aliphatic heterocycles. The lowest BCUT2D eigenvalue weighted by Gasteiger charge is -2.33. The number of aliphatic hydroxyl groups is 1. The molecule has 1 saturated carbocycles. The van der Waals surface area contributed by atoms with E-state index in [0.717, 1.165) is 44.2 Å². The summed E-state index contributed by atoms with van der Waals surface area (Å²) in [5, 5.41) is 9.37. The molecule has 0 spiro atoms. The molecule has 6 heteroatoms. The minimum absolute atomic E-state index is 0.174. The molecule has 30 heavy (non-hydrogen) atoms. The second kappa shape index (κ2) is 10.4. The first-order valence-electron chi connectivity index (χ1n) is 11.2. The van der Waals surface area contributed by atoms with Crippen molar-refractivity contribution in [2.24, 2.45) is 17.8 Å². The number of benzene rings is 1. The van der Waals surface area contributed by atoms with Crippen LogP contribution in [0.15, 0.2) is 29.2 Å². The van der Waals surface area contributed by atoms with Crippen molar-refractivity contribution in [3.05, 3.63) is 29.8 Å². The van der Waals surface area contributed by atoms with E-state index in [1.807, 2.05) is 32.6 Å². The lowest BCUT2D eigenvalue weighted by molar-refractivity contribution is 0.0170. The number of carbonyl (C=O) groups excluding carboxylic acids is 1. The maximum atomic E-state index is 12.2. The predicted molar refractivity (Wildman–Crippen MR) is 121 cm³/mol. The number of likely N-dealkylation sites (tertiary alicyclic amines) is 1. The first-order chi connectivity index (χ1) is 14.2. The molecule has 5 nitrogen and oxygen atoms in total. The predicted octanol–water partition coefficient (Wildman–Crippen LogP) is 4.96. The minimum Gasteiger partial charge on any atom is -0.444 e. The Hall–Kier alpha value is -1.24. The van der Waals surface area contributed by atoms with Crippen LogP contribution in [-0.4, -0.2) is 53.3 Å². The van der Waals surface area contributed by atoms with Crippen molar-refractivity contribution >= 4 is 17.9 Å². The zero-order valence-corrected chi connectivity index (χ0v) is 19.6. The van der Waals surface area contributed by atoms with E-state index < -0.39 is 5.60 Å². The normalized spacial score (nSPS) is 23.3. The third-order valence-electron chi connectivity index (χ3n) is 5.79. The van der Waals surface area contributed by atoms with Crippen LogP contribution in [-0.2, 0) is 16.1 Å². The van der Waals surface area contributed by atoms with Gasteiger partial charge in [-0.25, -0.2) is 4.79 Å². The second-order valence-electron chi connectivity index (χ2n) is 9.78. The van der Waals surface area contributed by atoms with E-state index in [1.165, 1.54) is 16.9 Å². The molecule has 3 rings (SSSR count). The van der Waals surface area contributed by atoms with E-state index in [2.05, 4.69) is 24.3 Å². The third-order valence-corrected chi connectivity index (χ3v) is 7.04. The molecule has 3 atom stereocenters. The van der Waals surface area contributed by atoms with Crippen molar-refractivity contribution in [3.63, 3.8) is 0 Å². The Morgan fingerprint density at radius 3 is 2.50 bits per heavy atom. The summed E-state index contributed by atoms with van der Waals surface area (Å²) in [7, 11) is 0. The molecule has 1 aromatic carbocycles. The molecule has 1 N–H and O–H groups in total. The summed E-state index contributed by atoms with van der Waals surface area (Å²) in [5.74, 6) is 2.85. The van der Waals surface area contributed by atoms with Gasteiger partial charge in [0, 0.05) is 23.7 Å². The summed E-state index contributed by atoms with van der Waals surface area (Å²) in [6.45, 7) is 10.7. The molecule has 1 saturated heterocycles. The number of hydrogen-bond acceptors (Lipinski definition) is 5. The topological polar surface area (TPSA) is 59.0 Å². The van der Waals surface area contributed by atoms with Crippen LogP contribution in [0, 0.1) is 17.8 Å². The Morgan fingerprint density at radius 2 is 1.90 bits per heavy atom. The van der Waals surface area contributed by atoms with Gasteiger partial charge in [0.25, 0.3) is 0 Å². The SMILES string of the molecule is CC(O)CSc1ccc(COCC2CC2C2CCN(C(=O)OC(C)(C)C)CC2)cc1. The van der Waals surface area contributed by atoms with E-state index in [4.69, 9.17) is 9.47 Å². The monoisotopic (exact) mass is 435 g/mol. The summed E-state index contributed by atoms with van der Waals surface area (Å²) >= 11 is 1.67. The number of amides is 1. The molecule has 1 aromatic rings. The Morgan fingerprint density at radius 1 is 1.23 bits per heavy atom. The van der Waals surface area contributed by atoms with Gasteiger partial charge < -0.3 is 19.5 Å². The van der Waals surface area contributed by atoms with Crippen LogP contribution in [0.4, 0.5) is 4.79 Å². The van der Waals surface area contributed by atoms with Gasteiger partial charge >= 0.3 is 6.09 Å². The smallest absolute Gasteiger partial charge is 0.410 e. The molecule has 2 fully saturated rings. The van der Waals surface area contributed by atoms with Gasteiger partial charge in [-0.1, -0.05) is 12.1 Å². The number of rotatable bonds is 8. The van der Waals surface area contributed by atoms with Gasteiger partial charge in [-0.2, -0.15) is 0 Å². The van der Waals surface area contributed by atoms with E-state index in [0.29, 0.717) is 18.4 Å². The molecule has 0 aromatic heterocycles. The largest absolute Gasteiger partial charge is 0.444 e. The Bertz CT molecular complexity index is 677. The second-order valence-corrected chi connectivity index (χ2v) is 10.9. The summed E-state index contributed by atoms with van der Waals surface area (Å²) in [4.78, 5) is 15.2. The van der Waals surface area contributed by atoms with E-state index in [1.54, 1.807) is 11.8 Å². The van der Waals surface area contributed by atoms with Gasteiger partial charge in [0.1, 0.15) is 5.60 Å². The molecule has 2 aliphatic rings. The number of piperidine rings is 1. The Kier molecular flexibility index (Phi) is 8.11. The van der Waals surface area contributed by atoms with Crippen molar-refractivity contribution in [3.8, 4) is 0 Å². The van der Waals surface area contributed by atoms with Crippen LogP contribution in [0.1, 0.15) is 52.5 Å². The highest BCUT2D eigenvalue weighted by Gasteiger charge is 2.44.